The molecule has 0 unspecified atom stereocenters. The highest BCUT2D eigenvalue weighted by Crippen LogP contribution is 2.39. The maximum Gasteiger partial charge on any atom is 0.492 e. The van der Waals surface area contributed by atoms with Gasteiger partial charge in [-0.2, -0.15) is 0 Å². The van der Waals surface area contributed by atoms with Crippen molar-refractivity contribution < 1.29 is 9.31 Å². The van der Waals surface area contributed by atoms with Crippen LogP contribution in [0, 0.1) is 0 Å². The molecule has 2 nitrogen and oxygen atoms in total. The molecule has 0 spiro atoms. The van der Waals surface area contributed by atoms with E-state index >= 15 is 0 Å². The second kappa shape index (κ2) is 5.19. The molecule has 92 valence electrons. The first-order valence-electron chi connectivity index (χ1n) is 5.10. The molecule has 0 aliphatic carbocycles. The van der Waals surface area contributed by atoms with Gasteiger partial charge >= 0.3 is 7.12 Å². The molecule has 16 heavy (non-hydrogen) atoms. The third kappa shape index (κ3) is 2.78. The molecule has 0 radical (unpaired) electrons. The second-order valence-electron chi connectivity index (χ2n) is 4.79. The molecule has 1 aliphatic rings. The highest BCUT2D eigenvalue weighted by molar-refractivity contribution is 9.11. The lowest BCUT2D eigenvalue weighted by Gasteiger charge is -2.32. The van der Waals surface area contributed by atoms with Crippen LogP contribution in [-0.4, -0.2) is 30.1 Å². The monoisotopic (exact) mass is 328 g/mol. The molecule has 0 saturated carbocycles. The molecule has 6 heteroatoms. The molecule has 1 rings (SSSR count). The van der Waals surface area contributed by atoms with Crippen molar-refractivity contribution in [2.24, 2.45) is 0 Å². The van der Waals surface area contributed by atoms with Crippen molar-refractivity contribution >= 4 is 46.3 Å². The lowest BCUT2D eigenvalue weighted by molar-refractivity contribution is 0.00578. The first-order valence-corrected chi connectivity index (χ1v) is 6.96. The zero-order valence-electron chi connectivity index (χ0n) is 9.94. The molecular weight excluding hydrogens is 314 g/mol. The molecule has 1 heterocycles. The maximum atomic E-state index is 5.90. The Bertz CT molecular complexity index is 289. The topological polar surface area (TPSA) is 18.5 Å². The van der Waals surface area contributed by atoms with Gasteiger partial charge in [0.15, 0.2) is 0 Å². The van der Waals surface area contributed by atoms with Gasteiger partial charge in [-0.25, -0.2) is 0 Å². The number of hydrogen-bond acceptors (Lipinski definition) is 2. The second-order valence-corrected chi connectivity index (χ2v) is 6.28. The molecule has 0 atom stereocenters. The van der Waals surface area contributed by atoms with Crippen LogP contribution in [0.3, 0.4) is 0 Å². The van der Waals surface area contributed by atoms with Crippen molar-refractivity contribution in [1.82, 2.24) is 0 Å². The van der Waals surface area contributed by atoms with Gasteiger partial charge in [0.2, 0.25) is 0 Å². The van der Waals surface area contributed by atoms with E-state index in [0.717, 1.165) is 9.95 Å². The third-order valence-corrected chi connectivity index (χ3v) is 4.82. The first kappa shape index (κ1) is 14.8. The molecule has 1 fully saturated rings. The van der Waals surface area contributed by atoms with Gasteiger partial charge in [-0.15, -0.1) is 23.2 Å². The van der Waals surface area contributed by atoms with Gasteiger partial charge in [-0.3, -0.25) is 0 Å². The summed E-state index contributed by atoms with van der Waals surface area (Å²) in [6.45, 7) is 8.03. The van der Waals surface area contributed by atoms with Gasteiger partial charge in [0, 0.05) is 10.4 Å². The fourth-order valence-corrected chi connectivity index (χ4v) is 2.28. The van der Waals surface area contributed by atoms with Gasteiger partial charge in [0.1, 0.15) is 0 Å². The minimum Gasteiger partial charge on any atom is -0.400 e. The summed E-state index contributed by atoms with van der Waals surface area (Å²) >= 11 is 15.1. The van der Waals surface area contributed by atoms with Crippen LogP contribution in [0.2, 0.25) is 0 Å². The Morgan fingerprint density at radius 2 is 1.50 bits per heavy atom. The van der Waals surface area contributed by atoms with E-state index in [1.54, 1.807) is 0 Å². The van der Waals surface area contributed by atoms with Crippen LogP contribution in [0.1, 0.15) is 27.7 Å². The van der Waals surface area contributed by atoms with Crippen LogP contribution >= 0.6 is 39.1 Å². The van der Waals surface area contributed by atoms with Gasteiger partial charge in [0.25, 0.3) is 0 Å². The van der Waals surface area contributed by atoms with Crippen molar-refractivity contribution in [3.63, 3.8) is 0 Å². The Hall–Kier alpha value is 0.785. The zero-order valence-corrected chi connectivity index (χ0v) is 13.0. The maximum absolute atomic E-state index is 5.90. The number of alkyl halides is 2. The van der Waals surface area contributed by atoms with Crippen molar-refractivity contribution in [2.45, 2.75) is 38.9 Å². The van der Waals surface area contributed by atoms with E-state index in [9.17, 15) is 0 Å². The fourth-order valence-electron chi connectivity index (χ4n) is 1.33. The predicted molar refractivity (Wildman–Crippen MR) is 73.5 cm³/mol. The Kier molecular flexibility index (Phi) is 4.81. The summed E-state index contributed by atoms with van der Waals surface area (Å²) in [5.74, 6) is 0.705. The van der Waals surface area contributed by atoms with Crippen LogP contribution in [0.25, 0.3) is 0 Å². The smallest absolute Gasteiger partial charge is 0.400 e. The quantitative estimate of drug-likeness (QED) is 0.580. The summed E-state index contributed by atoms with van der Waals surface area (Å²) < 4.78 is 12.6. The van der Waals surface area contributed by atoms with Crippen molar-refractivity contribution in [3.8, 4) is 0 Å². The minimum atomic E-state index is -0.421. The van der Waals surface area contributed by atoms with E-state index in [1.807, 2.05) is 27.7 Å². The van der Waals surface area contributed by atoms with Gasteiger partial charge in [-0.1, -0.05) is 15.9 Å². The van der Waals surface area contributed by atoms with Gasteiger partial charge in [-0.05, 0) is 33.2 Å². The fraction of sp³-hybridized carbons (Fsp3) is 0.800. The molecular formula is C10H16BBrCl2O2. The van der Waals surface area contributed by atoms with E-state index in [4.69, 9.17) is 32.5 Å². The number of rotatable bonds is 3. The van der Waals surface area contributed by atoms with Crippen LogP contribution in [0.5, 0.6) is 0 Å². The average Bonchev–Trinajstić information content (AvgIpc) is 2.36. The summed E-state index contributed by atoms with van der Waals surface area (Å²) in [5, 5.41) is 0. The minimum absolute atomic E-state index is 0.337. The number of allylic oxidation sites excluding steroid dienone is 2. The molecule has 1 aliphatic heterocycles. The molecule has 0 N–H and O–H groups in total. The lowest BCUT2D eigenvalue weighted by atomic mass is 9.79. The van der Waals surface area contributed by atoms with Crippen LogP contribution in [0.15, 0.2) is 9.95 Å². The average molecular weight is 330 g/mol. The number of halogens is 3. The molecule has 1 saturated heterocycles. The molecule has 0 aromatic carbocycles. The normalized spacial score (nSPS) is 24.6. The largest absolute Gasteiger partial charge is 0.492 e. The van der Waals surface area contributed by atoms with E-state index < -0.39 is 7.12 Å². The Balaban J connectivity index is 2.95. The Morgan fingerprint density at radius 1 is 1.06 bits per heavy atom. The molecule has 0 aromatic heterocycles. The summed E-state index contributed by atoms with van der Waals surface area (Å²) in [4.78, 5) is 0. The van der Waals surface area contributed by atoms with Crippen LogP contribution in [0.4, 0.5) is 0 Å². The highest BCUT2D eigenvalue weighted by Gasteiger charge is 2.52. The number of hydrogen-bond donors (Lipinski definition) is 0. The van der Waals surface area contributed by atoms with E-state index in [-0.39, 0.29) is 11.2 Å². The van der Waals surface area contributed by atoms with Gasteiger partial charge in [0.05, 0.1) is 17.1 Å². The lowest BCUT2D eigenvalue weighted by Crippen LogP contribution is -2.41. The molecule has 0 amide bonds. The van der Waals surface area contributed by atoms with Gasteiger partial charge < -0.3 is 9.31 Å². The third-order valence-electron chi connectivity index (χ3n) is 3.15. The summed E-state index contributed by atoms with van der Waals surface area (Å²) in [6.07, 6.45) is 0. The van der Waals surface area contributed by atoms with Crippen molar-refractivity contribution in [3.05, 3.63) is 9.95 Å². The van der Waals surface area contributed by atoms with E-state index in [0.29, 0.717) is 11.8 Å². The molecule has 0 aromatic rings. The Morgan fingerprint density at radius 3 is 1.81 bits per heavy atom. The summed E-state index contributed by atoms with van der Waals surface area (Å²) in [6, 6.07) is 0. The Labute approximate surface area is 116 Å². The first-order chi connectivity index (χ1) is 7.25. The van der Waals surface area contributed by atoms with E-state index in [1.165, 1.54) is 0 Å². The van der Waals surface area contributed by atoms with E-state index in [2.05, 4.69) is 15.9 Å². The van der Waals surface area contributed by atoms with Crippen LogP contribution in [-0.2, 0) is 9.31 Å². The molecule has 0 bridgehead atoms. The standard InChI is InChI=1S/C10H16BBrCl2O2/c1-9(2)10(3,4)16-11(15-9)7(5-13)8(12)6-14/h5-6H2,1-4H3/b8-7-. The zero-order chi connectivity index (χ0) is 12.6. The SMILES string of the molecule is CC1(C)OB(/C(CCl)=C(\Br)CCl)OC1(C)C. The summed E-state index contributed by atoms with van der Waals surface area (Å²) in [5.41, 5.74) is 0.152. The van der Waals surface area contributed by atoms with Crippen molar-refractivity contribution in [2.75, 3.05) is 11.8 Å². The van der Waals surface area contributed by atoms with Crippen LogP contribution < -0.4 is 0 Å². The van der Waals surface area contributed by atoms with Crippen molar-refractivity contribution in [1.29, 1.82) is 0 Å². The summed E-state index contributed by atoms with van der Waals surface area (Å²) in [7, 11) is -0.421. The highest BCUT2D eigenvalue weighted by atomic mass is 79.9. The predicted octanol–water partition coefficient (Wildman–Crippen LogP) is 3.74.